The van der Waals surface area contributed by atoms with E-state index in [0.717, 1.165) is 10.5 Å². The molecular formula is C26H21ClN2O8S. The van der Waals surface area contributed by atoms with Gasteiger partial charge in [-0.15, -0.1) is 0 Å². The summed E-state index contributed by atoms with van der Waals surface area (Å²) in [6.07, 6.45) is 1.20. The van der Waals surface area contributed by atoms with Crippen LogP contribution in [0.15, 0.2) is 71.1 Å². The van der Waals surface area contributed by atoms with Crippen LogP contribution in [-0.4, -0.2) is 40.5 Å². The molecule has 4 rings (SSSR count). The zero-order valence-corrected chi connectivity index (χ0v) is 21.9. The van der Waals surface area contributed by atoms with Crippen LogP contribution in [0.25, 0.3) is 6.08 Å². The smallest absolute Gasteiger partial charge is 0.339 e. The molecule has 0 aliphatic carbocycles. The molecule has 1 fully saturated rings. The van der Waals surface area contributed by atoms with Gasteiger partial charge in [-0.2, -0.15) is 8.42 Å². The number of benzene rings is 3. The average Bonchev–Trinajstić information content (AvgIpc) is 2.88. The number of methoxy groups -OCH3 is 2. The number of amides is 4. The second kappa shape index (κ2) is 10.6. The Morgan fingerprint density at radius 2 is 1.58 bits per heavy atom. The molecule has 1 aliphatic rings. The third kappa shape index (κ3) is 5.34. The van der Waals surface area contributed by atoms with Crippen molar-refractivity contribution in [2.45, 2.75) is 11.8 Å². The van der Waals surface area contributed by atoms with Crippen LogP contribution in [0.4, 0.5) is 10.5 Å². The number of nitrogens with zero attached hydrogens (tertiary/aromatic N) is 1. The summed E-state index contributed by atoms with van der Waals surface area (Å²) in [5.74, 6) is -1.61. The van der Waals surface area contributed by atoms with E-state index >= 15 is 0 Å². The minimum atomic E-state index is -4.24. The SMILES string of the molecule is COc1ccc(N2C(=O)NC(=O)/C(=C\c3cc(Cl)c(OS(=O)(=O)c4ccc(C)cc4)c(OC)c3)C2=O)cc1. The molecule has 0 aromatic heterocycles. The number of carbonyl (C=O) groups excluding carboxylic acids is 3. The van der Waals surface area contributed by atoms with Gasteiger partial charge in [0.2, 0.25) is 5.75 Å². The van der Waals surface area contributed by atoms with E-state index in [2.05, 4.69) is 5.32 Å². The number of anilines is 1. The third-order valence-corrected chi connectivity index (χ3v) is 7.01. The normalized spacial score (nSPS) is 14.9. The Morgan fingerprint density at radius 1 is 0.921 bits per heavy atom. The van der Waals surface area contributed by atoms with Gasteiger partial charge in [-0.05, 0) is 67.1 Å². The standard InChI is InChI=1S/C26H21ClN2O8S/c1-15-4-10-19(11-5-15)38(33,34)37-23-21(27)13-16(14-22(23)36-3)12-20-24(30)28-26(32)29(25(20)31)17-6-8-18(35-2)9-7-17/h4-14H,1-3H3,(H,28,30,32)/b20-12+. The maximum Gasteiger partial charge on any atom is 0.339 e. The predicted molar refractivity (Wildman–Crippen MR) is 139 cm³/mol. The predicted octanol–water partition coefficient (Wildman–Crippen LogP) is 4.10. The van der Waals surface area contributed by atoms with Crippen molar-refractivity contribution in [1.82, 2.24) is 5.32 Å². The largest absolute Gasteiger partial charge is 0.497 e. The lowest BCUT2D eigenvalue weighted by atomic mass is 10.1. The number of halogens is 1. The van der Waals surface area contributed by atoms with Gasteiger partial charge in [0.25, 0.3) is 11.8 Å². The molecule has 1 aliphatic heterocycles. The molecule has 0 unspecified atom stereocenters. The third-order valence-electron chi connectivity index (χ3n) is 5.50. The lowest BCUT2D eigenvalue weighted by Crippen LogP contribution is -2.54. The van der Waals surface area contributed by atoms with Crippen molar-refractivity contribution in [1.29, 1.82) is 0 Å². The highest BCUT2D eigenvalue weighted by Gasteiger charge is 2.37. The monoisotopic (exact) mass is 556 g/mol. The summed E-state index contributed by atoms with van der Waals surface area (Å²) in [4.78, 5) is 38.8. The first-order chi connectivity index (χ1) is 18.0. The maximum atomic E-state index is 13.2. The van der Waals surface area contributed by atoms with Gasteiger partial charge in [0.05, 0.1) is 24.9 Å². The van der Waals surface area contributed by atoms with Crippen LogP contribution in [-0.2, 0) is 19.7 Å². The van der Waals surface area contributed by atoms with E-state index in [1.54, 1.807) is 24.3 Å². The molecule has 10 nitrogen and oxygen atoms in total. The zero-order chi connectivity index (χ0) is 27.6. The van der Waals surface area contributed by atoms with Crippen LogP contribution in [0.5, 0.6) is 17.2 Å². The summed E-state index contributed by atoms with van der Waals surface area (Å²) in [5.41, 5.74) is 0.937. The van der Waals surface area contributed by atoms with E-state index in [1.165, 1.54) is 56.7 Å². The van der Waals surface area contributed by atoms with Crippen molar-refractivity contribution in [2.24, 2.45) is 0 Å². The number of barbiturate groups is 1. The number of ether oxygens (including phenoxy) is 2. The topological polar surface area (TPSA) is 128 Å². The van der Waals surface area contributed by atoms with Crippen LogP contribution >= 0.6 is 11.6 Å². The van der Waals surface area contributed by atoms with Crippen molar-refractivity contribution >= 4 is 51.3 Å². The van der Waals surface area contributed by atoms with Gasteiger partial charge in [0.1, 0.15) is 16.2 Å². The van der Waals surface area contributed by atoms with Crippen molar-refractivity contribution < 1.29 is 36.5 Å². The number of aryl methyl sites for hydroxylation is 1. The van der Waals surface area contributed by atoms with E-state index in [0.29, 0.717) is 5.75 Å². The molecule has 0 atom stereocenters. The number of imide groups is 2. The highest BCUT2D eigenvalue weighted by molar-refractivity contribution is 7.87. The lowest BCUT2D eigenvalue weighted by Gasteiger charge is -2.26. The number of rotatable bonds is 7. The average molecular weight is 557 g/mol. The molecule has 0 bridgehead atoms. The Hall–Kier alpha value is -4.35. The molecule has 1 N–H and O–H groups in total. The van der Waals surface area contributed by atoms with E-state index < -0.39 is 28.0 Å². The fourth-order valence-electron chi connectivity index (χ4n) is 3.56. The summed E-state index contributed by atoms with van der Waals surface area (Å²) < 4.78 is 41.2. The Labute approximate surface area is 223 Å². The molecule has 3 aromatic carbocycles. The Balaban J connectivity index is 1.68. The lowest BCUT2D eigenvalue weighted by molar-refractivity contribution is -0.122. The van der Waals surface area contributed by atoms with Crippen LogP contribution in [0.2, 0.25) is 5.02 Å². The van der Waals surface area contributed by atoms with Gasteiger partial charge in [-0.25, -0.2) is 9.69 Å². The van der Waals surface area contributed by atoms with Crippen LogP contribution < -0.4 is 23.9 Å². The number of hydrogen-bond acceptors (Lipinski definition) is 8. The number of hydrogen-bond donors (Lipinski definition) is 1. The summed E-state index contributed by atoms with van der Waals surface area (Å²) in [5, 5.41) is 1.97. The highest BCUT2D eigenvalue weighted by Crippen LogP contribution is 2.39. The quantitative estimate of drug-likeness (QED) is 0.262. The van der Waals surface area contributed by atoms with Crippen molar-refractivity contribution in [3.05, 3.63) is 82.4 Å². The van der Waals surface area contributed by atoms with Gasteiger partial charge in [0, 0.05) is 0 Å². The molecular weight excluding hydrogens is 536 g/mol. The zero-order valence-electron chi connectivity index (χ0n) is 20.4. The fourth-order valence-corrected chi connectivity index (χ4v) is 4.82. The van der Waals surface area contributed by atoms with Gasteiger partial charge in [0.15, 0.2) is 5.75 Å². The molecule has 0 spiro atoms. The second-order valence-electron chi connectivity index (χ2n) is 8.04. The number of urea groups is 1. The molecule has 1 heterocycles. The number of carbonyl (C=O) groups is 3. The minimum absolute atomic E-state index is 0.0632. The van der Waals surface area contributed by atoms with Crippen molar-refractivity contribution in [3.63, 3.8) is 0 Å². The van der Waals surface area contributed by atoms with Crippen LogP contribution in [0, 0.1) is 6.92 Å². The highest BCUT2D eigenvalue weighted by atomic mass is 35.5. The van der Waals surface area contributed by atoms with Crippen molar-refractivity contribution in [3.8, 4) is 17.2 Å². The summed E-state index contributed by atoms with van der Waals surface area (Å²) in [6.45, 7) is 1.81. The first-order valence-corrected chi connectivity index (χ1v) is 12.8. The molecule has 1 saturated heterocycles. The molecule has 196 valence electrons. The van der Waals surface area contributed by atoms with Gasteiger partial charge < -0.3 is 13.7 Å². The fraction of sp³-hybridized carbons (Fsp3) is 0.115. The Morgan fingerprint density at radius 3 is 2.18 bits per heavy atom. The molecule has 0 saturated carbocycles. The Kier molecular flexibility index (Phi) is 7.42. The summed E-state index contributed by atoms with van der Waals surface area (Å²) in [6, 6.07) is 13.9. The van der Waals surface area contributed by atoms with Crippen LogP contribution in [0.1, 0.15) is 11.1 Å². The minimum Gasteiger partial charge on any atom is -0.497 e. The van der Waals surface area contributed by atoms with E-state index in [4.69, 9.17) is 25.3 Å². The molecule has 38 heavy (non-hydrogen) atoms. The molecule has 4 amide bonds. The van der Waals surface area contributed by atoms with E-state index in [1.807, 2.05) is 6.92 Å². The molecule has 0 radical (unpaired) electrons. The first kappa shape index (κ1) is 26.7. The van der Waals surface area contributed by atoms with E-state index in [9.17, 15) is 22.8 Å². The van der Waals surface area contributed by atoms with Crippen LogP contribution in [0.3, 0.4) is 0 Å². The number of nitrogens with one attached hydrogen (secondary N) is 1. The molecule has 3 aromatic rings. The first-order valence-electron chi connectivity index (χ1n) is 11.0. The summed E-state index contributed by atoms with van der Waals surface area (Å²) >= 11 is 6.34. The second-order valence-corrected chi connectivity index (χ2v) is 9.99. The van der Waals surface area contributed by atoms with Gasteiger partial charge in [-0.3, -0.25) is 14.9 Å². The Bertz CT molecular complexity index is 1570. The summed E-state index contributed by atoms with van der Waals surface area (Å²) in [7, 11) is -1.50. The van der Waals surface area contributed by atoms with Gasteiger partial charge >= 0.3 is 16.1 Å². The maximum absolute atomic E-state index is 13.2. The van der Waals surface area contributed by atoms with Crippen molar-refractivity contribution in [2.75, 3.05) is 19.1 Å². The van der Waals surface area contributed by atoms with E-state index in [-0.39, 0.29) is 38.2 Å². The van der Waals surface area contributed by atoms with Gasteiger partial charge in [-0.1, -0.05) is 29.3 Å². The molecule has 12 heteroatoms.